The predicted molar refractivity (Wildman–Crippen MR) is 41.0 cm³/mol. The SMILES string of the molecule is [B]c1c(F)c(F)c(F)c(F)c1CC. The zero-order valence-electron chi connectivity index (χ0n) is 6.80. The van der Waals surface area contributed by atoms with Crippen molar-refractivity contribution >= 4 is 13.3 Å². The highest BCUT2D eigenvalue weighted by atomic mass is 19.2. The molecule has 0 nitrogen and oxygen atoms in total. The molecule has 1 aromatic rings. The van der Waals surface area contributed by atoms with Crippen LogP contribution in [0.3, 0.4) is 0 Å². The van der Waals surface area contributed by atoms with E-state index in [1.807, 2.05) is 0 Å². The third-order valence-corrected chi connectivity index (χ3v) is 1.76. The molecule has 0 heterocycles. The third kappa shape index (κ3) is 1.43. The molecule has 1 rings (SSSR count). The summed E-state index contributed by atoms with van der Waals surface area (Å²) >= 11 is 0. The Morgan fingerprint density at radius 2 is 1.38 bits per heavy atom. The van der Waals surface area contributed by atoms with Gasteiger partial charge in [0.05, 0.1) is 0 Å². The Morgan fingerprint density at radius 1 is 0.923 bits per heavy atom. The summed E-state index contributed by atoms with van der Waals surface area (Å²) in [6.07, 6.45) is 0.00574. The van der Waals surface area contributed by atoms with Gasteiger partial charge in [-0.3, -0.25) is 0 Å². The second kappa shape index (κ2) is 3.40. The molecule has 0 aliphatic heterocycles. The molecule has 2 radical (unpaired) electrons. The highest BCUT2D eigenvalue weighted by Gasteiger charge is 2.20. The zero-order valence-corrected chi connectivity index (χ0v) is 6.80. The van der Waals surface area contributed by atoms with Crippen LogP contribution in [0, 0.1) is 23.3 Å². The summed E-state index contributed by atoms with van der Waals surface area (Å²) in [5, 5.41) is 0. The van der Waals surface area contributed by atoms with Crippen LogP contribution in [0.15, 0.2) is 0 Å². The second-order valence-corrected chi connectivity index (χ2v) is 2.50. The van der Waals surface area contributed by atoms with Gasteiger partial charge in [0, 0.05) is 0 Å². The van der Waals surface area contributed by atoms with Crippen molar-refractivity contribution in [2.45, 2.75) is 13.3 Å². The number of halogens is 4. The van der Waals surface area contributed by atoms with Crippen LogP contribution in [-0.2, 0) is 6.42 Å². The molecule has 0 aliphatic rings. The van der Waals surface area contributed by atoms with Crippen molar-refractivity contribution in [3.05, 3.63) is 28.8 Å². The lowest BCUT2D eigenvalue weighted by atomic mass is 9.88. The molecule has 0 aliphatic carbocycles. The molecule has 0 spiro atoms. The molecule has 0 bridgehead atoms. The molecule has 0 saturated carbocycles. The van der Waals surface area contributed by atoms with Crippen LogP contribution >= 0.6 is 0 Å². The van der Waals surface area contributed by atoms with Gasteiger partial charge in [0.25, 0.3) is 0 Å². The summed E-state index contributed by atoms with van der Waals surface area (Å²) in [6.45, 7) is 1.46. The molecule has 0 amide bonds. The van der Waals surface area contributed by atoms with Crippen LogP contribution in [0.5, 0.6) is 0 Å². The minimum absolute atomic E-state index is 0.00574. The first-order valence-corrected chi connectivity index (χ1v) is 3.61. The van der Waals surface area contributed by atoms with Gasteiger partial charge < -0.3 is 0 Å². The summed E-state index contributed by atoms with van der Waals surface area (Å²) < 4.78 is 50.6. The molecule has 68 valence electrons. The lowest BCUT2D eigenvalue weighted by molar-refractivity contribution is 0.408. The average molecular weight is 188 g/mol. The molecule has 5 heteroatoms. The van der Waals surface area contributed by atoms with Gasteiger partial charge in [0.15, 0.2) is 23.3 Å². The normalized spacial score (nSPS) is 10.5. The highest BCUT2D eigenvalue weighted by molar-refractivity contribution is 6.33. The van der Waals surface area contributed by atoms with Gasteiger partial charge in [0.2, 0.25) is 0 Å². The molecular formula is C8H5BF4. The van der Waals surface area contributed by atoms with E-state index in [-0.39, 0.29) is 12.0 Å². The van der Waals surface area contributed by atoms with Gasteiger partial charge in [-0.05, 0) is 12.0 Å². The first kappa shape index (κ1) is 10.1. The minimum atomic E-state index is -1.87. The third-order valence-electron chi connectivity index (χ3n) is 1.76. The van der Waals surface area contributed by atoms with Gasteiger partial charge in [-0.2, -0.15) is 0 Å². The summed E-state index contributed by atoms with van der Waals surface area (Å²) in [5.74, 6) is -6.63. The number of hydrogen-bond donors (Lipinski definition) is 0. The van der Waals surface area contributed by atoms with E-state index in [9.17, 15) is 17.6 Å². The van der Waals surface area contributed by atoms with Crippen LogP contribution in [0.2, 0.25) is 0 Å². The van der Waals surface area contributed by atoms with Crippen molar-refractivity contribution in [2.24, 2.45) is 0 Å². The lowest BCUT2D eigenvalue weighted by Crippen LogP contribution is -2.21. The summed E-state index contributed by atoms with van der Waals surface area (Å²) in [6, 6.07) is 0. The van der Waals surface area contributed by atoms with E-state index in [0.717, 1.165) is 0 Å². The van der Waals surface area contributed by atoms with Crippen LogP contribution in [0.25, 0.3) is 0 Å². The van der Waals surface area contributed by atoms with Crippen LogP contribution < -0.4 is 5.46 Å². The van der Waals surface area contributed by atoms with Crippen molar-refractivity contribution < 1.29 is 17.6 Å². The first-order valence-electron chi connectivity index (χ1n) is 3.61. The Hall–Kier alpha value is -0.995. The number of rotatable bonds is 1. The van der Waals surface area contributed by atoms with E-state index in [4.69, 9.17) is 7.85 Å². The maximum absolute atomic E-state index is 12.8. The summed E-state index contributed by atoms with van der Waals surface area (Å²) in [7, 11) is 5.04. The lowest BCUT2D eigenvalue weighted by Gasteiger charge is -2.08. The predicted octanol–water partition coefficient (Wildman–Crippen LogP) is 1.60. The Kier molecular flexibility index (Phi) is 2.64. The largest absolute Gasteiger partial charge is 0.204 e. The Labute approximate surface area is 74.0 Å². The van der Waals surface area contributed by atoms with E-state index in [1.54, 1.807) is 0 Å². The Balaban J connectivity index is 3.56. The van der Waals surface area contributed by atoms with E-state index in [1.165, 1.54) is 6.92 Å². The van der Waals surface area contributed by atoms with Gasteiger partial charge in [-0.25, -0.2) is 17.6 Å². The molecule has 0 saturated heterocycles. The maximum atomic E-state index is 12.8. The van der Waals surface area contributed by atoms with Crippen LogP contribution in [0.1, 0.15) is 12.5 Å². The maximum Gasteiger partial charge on any atom is 0.197 e. The zero-order chi connectivity index (χ0) is 10.2. The molecular weight excluding hydrogens is 183 g/mol. The number of benzene rings is 1. The Bertz CT molecular complexity index is 319. The average Bonchev–Trinajstić information content (AvgIpc) is 2.13. The molecule has 1 aromatic carbocycles. The van der Waals surface area contributed by atoms with Crippen LogP contribution in [-0.4, -0.2) is 7.85 Å². The monoisotopic (exact) mass is 188 g/mol. The van der Waals surface area contributed by atoms with Crippen molar-refractivity contribution in [3.8, 4) is 0 Å². The topological polar surface area (TPSA) is 0 Å². The summed E-state index contributed by atoms with van der Waals surface area (Å²) in [5.41, 5.74) is -1.00. The van der Waals surface area contributed by atoms with E-state index in [2.05, 4.69) is 0 Å². The van der Waals surface area contributed by atoms with E-state index in [0.29, 0.717) is 0 Å². The van der Waals surface area contributed by atoms with Gasteiger partial charge in [0.1, 0.15) is 7.85 Å². The molecule has 0 atom stereocenters. The fraction of sp³-hybridized carbons (Fsp3) is 0.250. The fourth-order valence-corrected chi connectivity index (χ4v) is 1.04. The quantitative estimate of drug-likeness (QED) is 0.271. The Morgan fingerprint density at radius 3 is 1.85 bits per heavy atom. The molecule has 0 fully saturated rings. The first-order chi connectivity index (χ1) is 6.00. The van der Waals surface area contributed by atoms with Crippen molar-refractivity contribution in [1.29, 1.82) is 0 Å². The molecule has 0 aromatic heterocycles. The van der Waals surface area contributed by atoms with Crippen molar-refractivity contribution in [1.82, 2.24) is 0 Å². The van der Waals surface area contributed by atoms with Gasteiger partial charge in [-0.1, -0.05) is 12.4 Å². The molecule has 0 unspecified atom stereocenters. The van der Waals surface area contributed by atoms with Gasteiger partial charge in [-0.15, -0.1) is 0 Å². The molecule has 13 heavy (non-hydrogen) atoms. The van der Waals surface area contributed by atoms with Crippen molar-refractivity contribution in [3.63, 3.8) is 0 Å². The van der Waals surface area contributed by atoms with E-state index >= 15 is 0 Å². The second-order valence-electron chi connectivity index (χ2n) is 2.50. The smallest absolute Gasteiger partial charge is 0.197 e. The highest BCUT2D eigenvalue weighted by Crippen LogP contribution is 2.16. The van der Waals surface area contributed by atoms with Crippen molar-refractivity contribution in [2.75, 3.05) is 0 Å². The minimum Gasteiger partial charge on any atom is -0.204 e. The van der Waals surface area contributed by atoms with Crippen LogP contribution in [0.4, 0.5) is 17.6 Å². The summed E-state index contributed by atoms with van der Waals surface area (Å²) in [4.78, 5) is 0. The van der Waals surface area contributed by atoms with E-state index < -0.39 is 28.7 Å². The van der Waals surface area contributed by atoms with Gasteiger partial charge >= 0.3 is 0 Å². The fourth-order valence-electron chi connectivity index (χ4n) is 1.04. The standard InChI is InChI=1S/C8H5BF4/c1-2-3-4(9)6(11)8(13)7(12)5(3)10/h2H2,1H3. The molecule has 0 N–H and O–H groups in total. The number of hydrogen-bond acceptors (Lipinski definition) is 0.